The molecule has 0 atom stereocenters. The van der Waals surface area contributed by atoms with Gasteiger partial charge < -0.3 is 4.98 Å². The summed E-state index contributed by atoms with van der Waals surface area (Å²) in [4.78, 5) is 6.80. The van der Waals surface area contributed by atoms with E-state index in [1.54, 1.807) is 6.33 Å². The lowest BCUT2D eigenvalue weighted by Gasteiger charge is -1.77. The fourth-order valence-electron chi connectivity index (χ4n) is 0.358. The highest BCUT2D eigenvalue weighted by Crippen LogP contribution is 1.97. The summed E-state index contributed by atoms with van der Waals surface area (Å²) in [5.74, 6) is 0. The van der Waals surface area contributed by atoms with Crippen LogP contribution in [0.4, 0.5) is 0 Å². The summed E-state index contributed by atoms with van der Waals surface area (Å²) < 4.78 is 1.01. The molecule has 38 valence electrons. The second kappa shape index (κ2) is 2.30. The van der Waals surface area contributed by atoms with Gasteiger partial charge in [-0.25, -0.2) is 4.98 Å². The topological polar surface area (TPSA) is 28.7 Å². The van der Waals surface area contributed by atoms with Crippen LogP contribution in [0.15, 0.2) is 12.5 Å². The summed E-state index contributed by atoms with van der Waals surface area (Å²) in [7, 11) is 0. The Bertz CT molecular complexity index is 124. The molecule has 0 aliphatic heterocycles. The van der Waals surface area contributed by atoms with Crippen molar-refractivity contribution in [3.05, 3.63) is 18.2 Å². The lowest BCUT2D eigenvalue weighted by Crippen LogP contribution is -1.69. The molecule has 0 saturated carbocycles. The zero-order valence-electron chi connectivity index (χ0n) is 3.69. The van der Waals surface area contributed by atoms with Crippen molar-refractivity contribution in [1.82, 2.24) is 9.97 Å². The van der Waals surface area contributed by atoms with Crippen molar-refractivity contribution < 1.29 is 0 Å². The standard InChI is InChI=1S/C4H5IN2/c5-1-4-2-6-3-7-4/h2-3H,1H2,(H,6,7). The fraction of sp³-hybridized carbons (Fsp3) is 0.250. The van der Waals surface area contributed by atoms with E-state index in [4.69, 9.17) is 0 Å². The number of nitrogens with zero attached hydrogens (tertiary/aromatic N) is 1. The van der Waals surface area contributed by atoms with Crippen LogP contribution < -0.4 is 0 Å². The van der Waals surface area contributed by atoms with Crippen LogP contribution in [0.3, 0.4) is 0 Å². The lowest BCUT2D eigenvalue weighted by atomic mass is 10.6. The molecule has 1 heterocycles. The zero-order chi connectivity index (χ0) is 5.11. The predicted octanol–water partition coefficient (Wildman–Crippen LogP) is 1.34. The van der Waals surface area contributed by atoms with Crippen LogP contribution in [0.5, 0.6) is 0 Å². The average Bonchev–Trinajstić information content (AvgIpc) is 2.14. The minimum atomic E-state index is 1.01. The lowest BCUT2D eigenvalue weighted by molar-refractivity contribution is 1.25. The van der Waals surface area contributed by atoms with E-state index in [-0.39, 0.29) is 0 Å². The molecular weight excluding hydrogens is 203 g/mol. The molecule has 1 rings (SSSR count). The van der Waals surface area contributed by atoms with Crippen molar-refractivity contribution in [3.63, 3.8) is 0 Å². The Labute approximate surface area is 55.5 Å². The maximum absolute atomic E-state index is 3.83. The molecule has 0 spiro atoms. The highest BCUT2D eigenvalue weighted by atomic mass is 127. The van der Waals surface area contributed by atoms with E-state index in [9.17, 15) is 0 Å². The molecule has 0 aromatic carbocycles. The third-order valence-electron chi connectivity index (χ3n) is 0.699. The van der Waals surface area contributed by atoms with E-state index in [1.807, 2.05) is 6.20 Å². The number of alkyl halides is 1. The van der Waals surface area contributed by atoms with Gasteiger partial charge in [-0.05, 0) is 0 Å². The SMILES string of the molecule is ICc1cnc[nH]1. The second-order valence-corrected chi connectivity index (χ2v) is 1.97. The van der Waals surface area contributed by atoms with E-state index >= 15 is 0 Å². The van der Waals surface area contributed by atoms with Gasteiger partial charge in [-0.3, -0.25) is 0 Å². The molecule has 0 amide bonds. The van der Waals surface area contributed by atoms with Crippen molar-refractivity contribution in [3.8, 4) is 0 Å². The van der Waals surface area contributed by atoms with Gasteiger partial charge in [-0.1, -0.05) is 22.6 Å². The van der Waals surface area contributed by atoms with Crippen molar-refractivity contribution in [2.24, 2.45) is 0 Å². The Morgan fingerprint density at radius 3 is 3.00 bits per heavy atom. The van der Waals surface area contributed by atoms with Gasteiger partial charge in [0.25, 0.3) is 0 Å². The van der Waals surface area contributed by atoms with Crippen LogP contribution in [-0.2, 0) is 4.43 Å². The van der Waals surface area contributed by atoms with Gasteiger partial charge in [0, 0.05) is 16.3 Å². The van der Waals surface area contributed by atoms with Crippen molar-refractivity contribution >= 4 is 22.6 Å². The number of hydrogen-bond acceptors (Lipinski definition) is 1. The first-order valence-corrected chi connectivity index (χ1v) is 3.49. The number of imidazole rings is 1. The Balaban J connectivity index is 2.76. The second-order valence-electron chi connectivity index (χ2n) is 1.21. The number of aromatic nitrogens is 2. The van der Waals surface area contributed by atoms with Crippen LogP contribution in [0.25, 0.3) is 0 Å². The van der Waals surface area contributed by atoms with Crippen LogP contribution >= 0.6 is 22.6 Å². The van der Waals surface area contributed by atoms with Gasteiger partial charge >= 0.3 is 0 Å². The molecule has 0 fully saturated rings. The fourth-order valence-corrected chi connectivity index (χ4v) is 0.775. The van der Waals surface area contributed by atoms with Crippen molar-refractivity contribution in [1.29, 1.82) is 0 Å². The van der Waals surface area contributed by atoms with Crippen molar-refractivity contribution in [2.75, 3.05) is 0 Å². The minimum Gasteiger partial charge on any atom is -0.348 e. The first-order valence-electron chi connectivity index (χ1n) is 1.96. The third kappa shape index (κ3) is 1.15. The highest BCUT2D eigenvalue weighted by molar-refractivity contribution is 14.1. The molecule has 1 aromatic rings. The van der Waals surface area contributed by atoms with E-state index in [0.29, 0.717) is 0 Å². The molecule has 0 saturated heterocycles. The summed E-state index contributed by atoms with van der Waals surface area (Å²) in [5, 5.41) is 0. The monoisotopic (exact) mass is 208 g/mol. The number of hydrogen-bond donors (Lipinski definition) is 1. The van der Waals surface area contributed by atoms with E-state index < -0.39 is 0 Å². The summed E-state index contributed by atoms with van der Waals surface area (Å²) in [6.45, 7) is 0. The van der Waals surface area contributed by atoms with Crippen LogP contribution in [-0.4, -0.2) is 9.97 Å². The van der Waals surface area contributed by atoms with Crippen molar-refractivity contribution in [2.45, 2.75) is 4.43 Å². The molecular formula is C4H5IN2. The Kier molecular flexibility index (Phi) is 1.67. The smallest absolute Gasteiger partial charge is 0.0921 e. The van der Waals surface area contributed by atoms with Gasteiger partial charge in [0.15, 0.2) is 0 Å². The van der Waals surface area contributed by atoms with Gasteiger partial charge in [0.1, 0.15) is 0 Å². The molecule has 2 nitrogen and oxygen atoms in total. The maximum atomic E-state index is 3.83. The summed E-state index contributed by atoms with van der Waals surface area (Å²) in [6, 6.07) is 0. The summed E-state index contributed by atoms with van der Waals surface area (Å²) >= 11 is 2.28. The first kappa shape index (κ1) is 5.08. The summed E-state index contributed by atoms with van der Waals surface area (Å²) in [5.41, 5.74) is 1.18. The van der Waals surface area contributed by atoms with Gasteiger partial charge in [-0.2, -0.15) is 0 Å². The largest absolute Gasteiger partial charge is 0.348 e. The molecule has 1 aromatic heterocycles. The van der Waals surface area contributed by atoms with Crippen LogP contribution in [0.1, 0.15) is 5.69 Å². The Morgan fingerprint density at radius 1 is 1.86 bits per heavy atom. The Hall–Kier alpha value is -0.0600. The van der Waals surface area contributed by atoms with Crippen LogP contribution in [0.2, 0.25) is 0 Å². The maximum Gasteiger partial charge on any atom is 0.0921 e. The van der Waals surface area contributed by atoms with Gasteiger partial charge in [-0.15, -0.1) is 0 Å². The molecule has 3 heteroatoms. The first-order chi connectivity index (χ1) is 3.43. The molecule has 0 bridgehead atoms. The number of H-pyrrole nitrogens is 1. The average molecular weight is 208 g/mol. The molecule has 7 heavy (non-hydrogen) atoms. The molecule has 0 radical (unpaired) electrons. The quantitative estimate of drug-likeness (QED) is 0.547. The molecule has 1 N–H and O–H groups in total. The third-order valence-corrected chi connectivity index (χ3v) is 1.52. The predicted molar refractivity (Wildman–Crippen MR) is 36.3 cm³/mol. The number of halogens is 1. The number of rotatable bonds is 1. The van der Waals surface area contributed by atoms with Gasteiger partial charge in [0.05, 0.1) is 6.33 Å². The van der Waals surface area contributed by atoms with E-state index in [2.05, 4.69) is 32.6 Å². The normalized spacial score (nSPS) is 9.29. The Morgan fingerprint density at radius 2 is 2.71 bits per heavy atom. The van der Waals surface area contributed by atoms with Gasteiger partial charge in [0.2, 0.25) is 0 Å². The van der Waals surface area contributed by atoms with E-state index in [1.165, 1.54) is 5.69 Å². The van der Waals surface area contributed by atoms with Crippen LogP contribution in [0, 0.1) is 0 Å². The molecule has 0 aliphatic carbocycles. The number of aromatic amines is 1. The molecule has 0 aliphatic rings. The van der Waals surface area contributed by atoms with E-state index in [0.717, 1.165) is 4.43 Å². The zero-order valence-corrected chi connectivity index (χ0v) is 5.84. The highest BCUT2D eigenvalue weighted by Gasteiger charge is 1.83. The minimum absolute atomic E-state index is 1.01. The summed E-state index contributed by atoms with van der Waals surface area (Å²) in [6.07, 6.45) is 3.51. The molecule has 0 unspecified atom stereocenters. The number of nitrogens with one attached hydrogen (secondary N) is 1.